The molecule has 0 spiro atoms. The first-order chi connectivity index (χ1) is 11.4. The largest absolute Gasteiger partial charge is 0.479 e. The number of hydrogen-bond donors (Lipinski definition) is 3. The Morgan fingerprint density at radius 2 is 2.00 bits per heavy atom. The lowest BCUT2D eigenvalue weighted by Crippen LogP contribution is -2.50. The monoisotopic (exact) mass is 330 g/mol. The average Bonchev–Trinajstić information content (AvgIpc) is 2.95. The number of carboxylic acid groups (broad SMARTS) is 1. The van der Waals surface area contributed by atoms with Gasteiger partial charge >= 0.3 is 5.97 Å². The number of amides is 1. The Labute approximate surface area is 140 Å². The van der Waals surface area contributed by atoms with Gasteiger partial charge in [-0.1, -0.05) is 11.6 Å². The molecular formula is C18H22N2O4. The minimum Gasteiger partial charge on any atom is -0.479 e. The van der Waals surface area contributed by atoms with E-state index in [1.807, 2.05) is 25.3 Å². The lowest BCUT2D eigenvalue weighted by atomic mass is 9.91. The van der Waals surface area contributed by atoms with Crippen LogP contribution in [0.1, 0.15) is 30.4 Å². The number of aryl methyl sites for hydroxylation is 2. The molecule has 3 N–H and O–H groups in total. The van der Waals surface area contributed by atoms with Gasteiger partial charge in [0.25, 0.3) is 0 Å². The first kappa shape index (κ1) is 16.5. The van der Waals surface area contributed by atoms with Crippen molar-refractivity contribution in [2.24, 2.45) is 0 Å². The predicted molar refractivity (Wildman–Crippen MR) is 89.8 cm³/mol. The summed E-state index contributed by atoms with van der Waals surface area (Å²) in [5.41, 5.74) is 1.66. The van der Waals surface area contributed by atoms with E-state index in [1.54, 1.807) is 4.90 Å². The van der Waals surface area contributed by atoms with Gasteiger partial charge in [0.1, 0.15) is 0 Å². The van der Waals surface area contributed by atoms with E-state index in [-0.39, 0.29) is 31.8 Å². The molecule has 0 unspecified atom stereocenters. The zero-order valence-electron chi connectivity index (χ0n) is 13.7. The predicted octanol–water partition coefficient (Wildman–Crippen LogP) is 1.85. The Balaban J connectivity index is 1.60. The van der Waals surface area contributed by atoms with E-state index in [1.165, 1.54) is 5.56 Å². The number of H-pyrrole nitrogens is 1. The van der Waals surface area contributed by atoms with Crippen molar-refractivity contribution in [3.05, 3.63) is 35.5 Å². The molecule has 1 aromatic heterocycles. The van der Waals surface area contributed by atoms with Crippen molar-refractivity contribution in [1.82, 2.24) is 9.88 Å². The summed E-state index contributed by atoms with van der Waals surface area (Å²) in [6.07, 6.45) is 3.13. The fourth-order valence-electron chi connectivity index (χ4n) is 3.24. The number of carboxylic acids is 1. The third-order valence-electron chi connectivity index (χ3n) is 4.87. The summed E-state index contributed by atoms with van der Waals surface area (Å²) < 4.78 is 0. The first-order valence-electron chi connectivity index (χ1n) is 8.19. The normalized spacial score (nSPS) is 17.2. The van der Waals surface area contributed by atoms with Gasteiger partial charge in [0, 0.05) is 49.5 Å². The molecular weight excluding hydrogens is 308 g/mol. The van der Waals surface area contributed by atoms with E-state index in [9.17, 15) is 14.7 Å². The highest BCUT2D eigenvalue weighted by Gasteiger charge is 2.40. The van der Waals surface area contributed by atoms with Gasteiger partial charge in [-0.15, -0.1) is 0 Å². The van der Waals surface area contributed by atoms with E-state index in [0.717, 1.165) is 16.5 Å². The molecule has 2 aromatic rings. The molecule has 0 atom stereocenters. The number of carbonyl (C=O) groups excluding carboxylic acids is 1. The van der Waals surface area contributed by atoms with Crippen molar-refractivity contribution in [3.63, 3.8) is 0 Å². The van der Waals surface area contributed by atoms with Crippen LogP contribution in [0.4, 0.5) is 0 Å². The van der Waals surface area contributed by atoms with Crippen LogP contribution in [-0.4, -0.2) is 50.7 Å². The highest BCUT2D eigenvalue weighted by atomic mass is 16.4. The molecule has 1 aliphatic rings. The van der Waals surface area contributed by atoms with Crippen molar-refractivity contribution in [2.45, 2.75) is 38.2 Å². The molecule has 0 bridgehead atoms. The number of rotatable bonds is 4. The van der Waals surface area contributed by atoms with Gasteiger partial charge in [0.05, 0.1) is 0 Å². The fourth-order valence-corrected chi connectivity index (χ4v) is 3.24. The maximum atomic E-state index is 12.4. The van der Waals surface area contributed by atoms with E-state index in [0.29, 0.717) is 12.8 Å². The van der Waals surface area contributed by atoms with Crippen molar-refractivity contribution in [3.8, 4) is 0 Å². The van der Waals surface area contributed by atoms with E-state index >= 15 is 0 Å². The Hall–Kier alpha value is -2.34. The highest BCUT2D eigenvalue weighted by molar-refractivity contribution is 5.85. The molecule has 1 aromatic carbocycles. The van der Waals surface area contributed by atoms with Gasteiger partial charge < -0.3 is 20.1 Å². The number of hydrogen-bond acceptors (Lipinski definition) is 3. The Bertz CT molecular complexity index is 772. The first-order valence-corrected chi connectivity index (χ1v) is 8.19. The maximum Gasteiger partial charge on any atom is 0.335 e. The molecule has 1 fully saturated rings. The summed E-state index contributed by atoms with van der Waals surface area (Å²) in [5.74, 6) is -1.20. The van der Waals surface area contributed by atoms with Crippen LogP contribution in [0.3, 0.4) is 0 Å². The number of aromatic amines is 1. The number of nitrogens with one attached hydrogen (secondary N) is 1. The van der Waals surface area contributed by atoms with Gasteiger partial charge in [-0.3, -0.25) is 4.79 Å². The summed E-state index contributed by atoms with van der Waals surface area (Å²) in [4.78, 5) is 28.3. The van der Waals surface area contributed by atoms with Gasteiger partial charge in [0.15, 0.2) is 5.60 Å². The number of piperidine rings is 1. The van der Waals surface area contributed by atoms with E-state index in [2.05, 4.69) is 11.1 Å². The molecule has 0 saturated carbocycles. The topological polar surface area (TPSA) is 93.6 Å². The summed E-state index contributed by atoms with van der Waals surface area (Å²) >= 11 is 0. The standard InChI is InChI=1S/C18H22N2O4/c1-12-2-4-15-14(10-12)13(11-19-15)3-5-16(21)20-8-6-18(24,7-9-20)17(22)23/h2,4,10-11,19,24H,3,5-9H2,1H3,(H,22,23). The number of aromatic nitrogens is 1. The lowest BCUT2D eigenvalue weighted by molar-refractivity contribution is -0.165. The zero-order chi connectivity index (χ0) is 17.3. The van der Waals surface area contributed by atoms with Crippen molar-refractivity contribution < 1.29 is 19.8 Å². The molecule has 0 radical (unpaired) electrons. The maximum absolute atomic E-state index is 12.4. The second kappa shape index (κ2) is 6.28. The summed E-state index contributed by atoms with van der Waals surface area (Å²) in [7, 11) is 0. The Morgan fingerprint density at radius 3 is 2.67 bits per heavy atom. The van der Waals surface area contributed by atoms with Gasteiger partial charge in [-0.2, -0.15) is 0 Å². The molecule has 128 valence electrons. The van der Waals surface area contributed by atoms with E-state index < -0.39 is 11.6 Å². The molecule has 1 amide bonds. The van der Waals surface area contributed by atoms with Crippen molar-refractivity contribution >= 4 is 22.8 Å². The van der Waals surface area contributed by atoms with Crippen LogP contribution in [0.15, 0.2) is 24.4 Å². The fraction of sp³-hybridized carbons (Fsp3) is 0.444. The Kier molecular flexibility index (Phi) is 4.32. The lowest BCUT2D eigenvalue weighted by Gasteiger charge is -2.35. The number of aliphatic hydroxyl groups is 1. The van der Waals surface area contributed by atoms with Crippen LogP contribution in [0.5, 0.6) is 0 Å². The quantitative estimate of drug-likeness (QED) is 0.797. The number of fused-ring (bicyclic) bond motifs is 1. The van der Waals surface area contributed by atoms with Crippen LogP contribution in [-0.2, 0) is 16.0 Å². The van der Waals surface area contributed by atoms with Crippen LogP contribution >= 0.6 is 0 Å². The smallest absolute Gasteiger partial charge is 0.335 e. The molecule has 1 aliphatic heterocycles. The molecule has 6 nitrogen and oxygen atoms in total. The third kappa shape index (κ3) is 3.14. The van der Waals surface area contributed by atoms with Crippen molar-refractivity contribution in [2.75, 3.05) is 13.1 Å². The summed E-state index contributed by atoms with van der Waals surface area (Å²) in [6, 6.07) is 6.19. The van der Waals surface area contributed by atoms with Crippen LogP contribution in [0.2, 0.25) is 0 Å². The number of benzene rings is 1. The summed E-state index contributed by atoms with van der Waals surface area (Å²) in [5, 5.41) is 20.1. The molecule has 3 rings (SSSR count). The third-order valence-corrected chi connectivity index (χ3v) is 4.87. The molecule has 6 heteroatoms. The second-order valence-corrected chi connectivity index (χ2v) is 6.58. The van der Waals surface area contributed by atoms with Crippen LogP contribution < -0.4 is 0 Å². The minimum absolute atomic E-state index is 0.00411. The average molecular weight is 330 g/mol. The van der Waals surface area contributed by atoms with Gasteiger partial charge in [-0.25, -0.2) is 4.79 Å². The summed E-state index contributed by atoms with van der Waals surface area (Å²) in [6.45, 7) is 2.61. The molecule has 2 heterocycles. The van der Waals surface area contributed by atoms with E-state index in [4.69, 9.17) is 5.11 Å². The van der Waals surface area contributed by atoms with Gasteiger partial charge in [-0.05, 0) is 31.0 Å². The minimum atomic E-state index is -1.69. The second-order valence-electron chi connectivity index (χ2n) is 6.58. The Morgan fingerprint density at radius 1 is 1.29 bits per heavy atom. The van der Waals surface area contributed by atoms with Gasteiger partial charge in [0.2, 0.25) is 5.91 Å². The SMILES string of the molecule is Cc1ccc2[nH]cc(CCC(=O)N3CCC(O)(C(=O)O)CC3)c2c1. The van der Waals surface area contributed by atoms with Crippen molar-refractivity contribution in [1.29, 1.82) is 0 Å². The van der Waals surface area contributed by atoms with Crippen LogP contribution in [0.25, 0.3) is 10.9 Å². The molecule has 1 saturated heterocycles. The van der Waals surface area contributed by atoms with Crippen LogP contribution in [0, 0.1) is 6.92 Å². The highest BCUT2D eigenvalue weighted by Crippen LogP contribution is 2.24. The zero-order valence-corrected chi connectivity index (χ0v) is 13.7. The molecule has 24 heavy (non-hydrogen) atoms. The number of nitrogens with zero attached hydrogens (tertiary/aromatic N) is 1. The molecule has 0 aliphatic carbocycles. The number of likely N-dealkylation sites (tertiary alicyclic amines) is 1. The number of carbonyl (C=O) groups is 2. The number of aliphatic carboxylic acids is 1.